The highest BCUT2D eigenvalue weighted by molar-refractivity contribution is 7.99. The zero-order valence-electron chi connectivity index (χ0n) is 69.0. The molecule has 0 bridgehead atoms. The highest BCUT2D eigenvalue weighted by Crippen LogP contribution is 2.65. The predicted molar refractivity (Wildman–Crippen MR) is 522 cm³/mol. The molecular weight excluding hydrogens is 1590 g/mol. The molecule has 0 atom stereocenters. The highest BCUT2D eigenvalue weighted by Gasteiger charge is 2.52. The monoisotopic (exact) mass is 1660 g/mol. The Morgan fingerprint density at radius 3 is 0.812 bits per heavy atom. The van der Waals surface area contributed by atoms with Crippen LogP contribution in [-0.2, 0) is 10.8 Å². The lowest BCUT2D eigenvalue weighted by Gasteiger charge is -2.39. The van der Waals surface area contributed by atoms with Gasteiger partial charge in [0.1, 0.15) is 0 Å². The van der Waals surface area contributed by atoms with Gasteiger partial charge in [0.2, 0.25) is 0 Å². The smallest absolute Gasteiger partial charge is 0.164 e. The van der Waals surface area contributed by atoms with Crippen molar-refractivity contribution in [2.24, 2.45) is 0 Å². The topological polar surface area (TPSA) is 103 Å². The van der Waals surface area contributed by atoms with E-state index in [2.05, 4.69) is 352 Å². The molecule has 2 aliphatic carbocycles. The highest BCUT2D eigenvalue weighted by atomic mass is 32.2. The molecule has 0 amide bonds. The van der Waals surface area contributed by atoms with E-state index in [0.717, 1.165) is 116 Å². The van der Waals surface area contributed by atoms with Gasteiger partial charge in [-0.1, -0.05) is 394 Å². The van der Waals surface area contributed by atoms with Crippen molar-refractivity contribution in [3.05, 3.63) is 481 Å². The van der Waals surface area contributed by atoms with E-state index in [1.165, 1.54) is 91.7 Å². The summed E-state index contributed by atoms with van der Waals surface area (Å²) >= 11 is 3.75. The van der Waals surface area contributed by atoms with Gasteiger partial charge in [0.15, 0.2) is 34.9 Å². The molecule has 4 aromatic heterocycles. The Labute approximate surface area is 748 Å². The minimum atomic E-state index is -0.492. The first-order chi connectivity index (χ1) is 63.4. The van der Waals surface area contributed by atoms with Gasteiger partial charge in [-0.05, 0) is 167 Å². The Morgan fingerprint density at radius 1 is 0.148 bits per heavy atom. The normalized spacial score (nSPS) is 13.1. The molecule has 4 aliphatic rings. The van der Waals surface area contributed by atoms with Crippen LogP contribution in [0, 0.1) is 0 Å². The second-order valence-corrected chi connectivity index (χ2v) is 35.2. The van der Waals surface area contributed by atoms with E-state index >= 15 is 0 Å². The number of aromatic nitrogens is 8. The van der Waals surface area contributed by atoms with Crippen LogP contribution >= 0.6 is 23.5 Å². The van der Waals surface area contributed by atoms with Crippen LogP contribution in [0.4, 0.5) is 0 Å². The third kappa shape index (κ3) is 12.2. The van der Waals surface area contributed by atoms with E-state index in [1.807, 2.05) is 108 Å². The van der Waals surface area contributed by atoms with E-state index in [1.54, 1.807) is 0 Å². The van der Waals surface area contributed by atoms with Gasteiger partial charge in [-0.15, -0.1) is 0 Å². The number of fused-ring (bicyclic) bond motifs is 24. The summed E-state index contributed by atoms with van der Waals surface area (Å²) in [7, 11) is 0. The van der Waals surface area contributed by atoms with Crippen molar-refractivity contribution in [2.45, 2.75) is 30.4 Å². The first-order valence-corrected chi connectivity index (χ1v) is 44.9. The molecule has 2 aliphatic heterocycles. The zero-order chi connectivity index (χ0) is 84.4. The average molecular weight is 1670 g/mol. The van der Waals surface area contributed by atoms with Crippen molar-refractivity contribution in [3.8, 4) is 135 Å². The van der Waals surface area contributed by atoms with Gasteiger partial charge in [0, 0.05) is 85.6 Å². The fraction of sp³-hybridized carbons (Fsp3) is 0.0169. The fourth-order valence-corrected chi connectivity index (χ4v) is 22.6. The Morgan fingerprint density at radius 2 is 0.414 bits per heavy atom. The van der Waals surface area contributed by atoms with Crippen LogP contribution in [0.15, 0.2) is 456 Å². The average Bonchev–Trinajstić information content (AvgIpc) is 1.51. The summed E-state index contributed by atoms with van der Waals surface area (Å²) < 4.78 is 0. The van der Waals surface area contributed by atoms with E-state index in [9.17, 15) is 0 Å². The second kappa shape index (κ2) is 30.5. The quantitative estimate of drug-likeness (QED) is 0.123. The third-order valence-electron chi connectivity index (χ3n) is 25.9. The van der Waals surface area contributed by atoms with Crippen LogP contribution in [0.25, 0.3) is 179 Å². The summed E-state index contributed by atoms with van der Waals surface area (Å²) in [5.74, 6) is 3.75. The lowest BCUT2D eigenvalue weighted by molar-refractivity contribution is 0.723. The number of hydrogen-bond acceptors (Lipinski definition) is 10. The van der Waals surface area contributed by atoms with Gasteiger partial charge in [-0.25, -0.2) is 39.9 Å². The van der Waals surface area contributed by atoms with E-state index in [-0.39, 0.29) is 0 Å². The maximum atomic E-state index is 5.55. The first-order valence-electron chi connectivity index (χ1n) is 43.3. The van der Waals surface area contributed by atoms with Gasteiger partial charge >= 0.3 is 0 Å². The Hall–Kier alpha value is -16.0. The van der Waals surface area contributed by atoms with Crippen molar-refractivity contribution in [3.63, 3.8) is 0 Å². The van der Waals surface area contributed by atoms with E-state index in [4.69, 9.17) is 39.9 Å². The molecule has 0 fully saturated rings. The summed E-state index contributed by atoms with van der Waals surface area (Å²) in [5.41, 5.74) is 30.5. The van der Waals surface area contributed by atoms with Crippen molar-refractivity contribution in [1.82, 2.24) is 39.9 Å². The maximum Gasteiger partial charge on any atom is 0.164 e. The number of nitrogens with zero attached hydrogens (tertiary/aromatic N) is 8. The van der Waals surface area contributed by atoms with Crippen molar-refractivity contribution < 1.29 is 0 Å². The second-order valence-electron chi connectivity index (χ2n) is 33.0. The summed E-state index contributed by atoms with van der Waals surface area (Å²) in [6, 6.07) is 156. The number of benzene rings is 18. The largest absolute Gasteiger partial charge is 0.247 e. The van der Waals surface area contributed by atoms with Gasteiger partial charge in [0.25, 0.3) is 0 Å². The molecule has 2 spiro atoms. The molecule has 0 saturated heterocycles. The minimum absolute atomic E-state index is 0.467. The summed E-state index contributed by atoms with van der Waals surface area (Å²) in [6.07, 6.45) is 0. The van der Waals surface area contributed by atoms with Crippen LogP contribution in [-0.4, -0.2) is 39.9 Å². The molecule has 8 nitrogen and oxygen atoms in total. The Balaban J connectivity index is 0.000000139. The molecule has 26 rings (SSSR count). The standard InChI is InChI=1S/2C59H36N4S/c1-4-17-37(18-5-1)40-23-16-24-41(33-40)57-61-56(39-21-8-3-9-22-39)62-58(63-57)42-31-32-44-45-36-51-46(35-47(45)55(60-52(44)34-42)38-19-6-2-7-20-38)43-25-10-11-26-48(43)59(51)49-27-12-14-29-53(49)64-54-30-15-13-28-50(54)59;1-4-16-38(17-5-1)55-47-35-46-43-22-10-11-23-48(43)59(49-24-12-14-26-53(49)64-54-27-15-13-25-50(54)59)51(46)36-45(47)44-33-32-42(34-52(44)60-55)37-28-30-41(31-29-37)58-62-56(39-18-6-2-7-19-39)61-57(63-58)40-20-8-3-9-21-40/h2*1-36H. The van der Waals surface area contributed by atoms with Crippen molar-refractivity contribution >= 4 is 66.9 Å². The molecule has 22 aromatic rings. The van der Waals surface area contributed by atoms with Gasteiger partial charge in [-0.2, -0.15) is 0 Å². The number of hydrogen-bond donors (Lipinski definition) is 0. The Kier molecular flexibility index (Phi) is 17.8. The molecule has 10 heteroatoms. The van der Waals surface area contributed by atoms with Crippen LogP contribution in [0.1, 0.15) is 44.5 Å². The van der Waals surface area contributed by atoms with E-state index in [0.29, 0.717) is 34.9 Å². The molecule has 0 radical (unpaired) electrons. The van der Waals surface area contributed by atoms with Crippen LogP contribution < -0.4 is 0 Å². The molecular formula is C118H72N8S2. The molecule has 18 aromatic carbocycles. The molecule has 0 saturated carbocycles. The van der Waals surface area contributed by atoms with Gasteiger partial charge in [0.05, 0.1) is 33.3 Å². The molecule has 596 valence electrons. The van der Waals surface area contributed by atoms with Crippen LogP contribution in [0.5, 0.6) is 0 Å². The fourth-order valence-electron chi connectivity index (χ4n) is 20.2. The lowest BCUT2D eigenvalue weighted by Crippen LogP contribution is -2.31. The van der Waals surface area contributed by atoms with Gasteiger partial charge in [-0.3, -0.25) is 0 Å². The summed E-state index contributed by atoms with van der Waals surface area (Å²) in [4.78, 5) is 46.5. The molecule has 0 N–H and O–H groups in total. The maximum absolute atomic E-state index is 5.55. The van der Waals surface area contributed by atoms with Crippen LogP contribution in [0.2, 0.25) is 0 Å². The van der Waals surface area contributed by atoms with Crippen LogP contribution in [0.3, 0.4) is 0 Å². The summed E-state index contributed by atoms with van der Waals surface area (Å²) in [5, 5.41) is 6.83. The SMILES string of the molecule is c1ccc(-c2cccc(-c3nc(-c4ccccc4)nc(-c4ccc5c(c4)nc(-c4ccccc4)c4cc6c(cc45)C4(c5ccccc5Sc5ccccc54)c4ccccc4-6)n3)c2)cc1.c1ccc(-c2nc(-c3ccccc3)nc(-c3ccc(-c4ccc5c(c4)nc(-c4ccccc4)c4cc6c(cc45)C4(c5ccccc5Sc5ccccc54)c4ccccc4-6)cc3)n2)cc1. The lowest BCUT2D eigenvalue weighted by atomic mass is 9.67. The third-order valence-corrected chi connectivity index (χ3v) is 28.2. The molecule has 128 heavy (non-hydrogen) atoms. The van der Waals surface area contributed by atoms with Crippen molar-refractivity contribution in [1.29, 1.82) is 0 Å². The minimum Gasteiger partial charge on any atom is -0.247 e. The number of rotatable bonds is 10. The summed E-state index contributed by atoms with van der Waals surface area (Å²) in [6.45, 7) is 0. The molecule has 6 heterocycles. The van der Waals surface area contributed by atoms with Crippen molar-refractivity contribution in [2.75, 3.05) is 0 Å². The molecule has 0 unspecified atom stereocenters. The Bertz CT molecular complexity index is 8090. The zero-order valence-corrected chi connectivity index (χ0v) is 70.6. The first kappa shape index (κ1) is 74.6. The number of pyridine rings is 2. The van der Waals surface area contributed by atoms with E-state index < -0.39 is 10.8 Å². The predicted octanol–water partition coefficient (Wildman–Crippen LogP) is 29.5. The van der Waals surface area contributed by atoms with Gasteiger partial charge < -0.3 is 0 Å².